The molecule has 1 heterocycles. The van der Waals surface area contributed by atoms with Gasteiger partial charge in [0.1, 0.15) is 0 Å². The van der Waals surface area contributed by atoms with E-state index in [1.165, 1.54) is 26.4 Å². The average Bonchev–Trinajstić information content (AvgIpc) is 2.29. The van der Waals surface area contributed by atoms with E-state index in [2.05, 4.69) is 4.74 Å². The number of carbonyl (C=O) groups excluding carboxylic acids is 1. The van der Waals surface area contributed by atoms with Crippen molar-refractivity contribution in [2.24, 2.45) is 0 Å². The van der Waals surface area contributed by atoms with Crippen molar-refractivity contribution >= 4 is 5.97 Å². The molecule has 0 spiro atoms. The van der Waals surface area contributed by atoms with Crippen LogP contribution < -0.4 is 0 Å². The summed E-state index contributed by atoms with van der Waals surface area (Å²) in [5.74, 6) is -0.180. The maximum absolute atomic E-state index is 10.8. The molecule has 1 saturated heterocycles. The molecule has 0 N–H and O–H groups in total. The van der Waals surface area contributed by atoms with Gasteiger partial charge in [-0.05, 0) is 32.1 Å². The van der Waals surface area contributed by atoms with E-state index < -0.39 is 0 Å². The fourth-order valence-electron chi connectivity index (χ4n) is 1.70. The zero-order valence-corrected chi connectivity index (χ0v) is 9.41. The monoisotopic (exact) mass is 212 g/mol. The number of hydrogen-bond donors (Lipinski definition) is 0. The van der Waals surface area contributed by atoms with Gasteiger partial charge in [0.15, 0.2) is 0 Å². The highest BCUT2D eigenvalue weighted by atomic mass is 16.5. The predicted molar refractivity (Wildman–Crippen MR) is 58.6 cm³/mol. The number of allylic oxidation sites excluding steroid dienone is 1. The van der Waals surface area contributed by atoms with Crippen LogP contribution in [0.5, 0.6) is 0 Å². The lowest BCUT2D eigenvalue weighted by Gasteiger charge is -2.21. The third kappa shape index (κ3) is 5.57. The molecule has 1 aliphatic rings. The second-order valence-electron chi connectivity index (χ2n) is 3.82. The Balaban J connectivity index is 2.02. The highest BCUT2D eigenvalue weighted by Crippen LogP contribution is 2.16. The van der Waals surface area contributed by atoms with Gasteiger partial charge in [-0.25, -0.2) is 0 Å². The lowest BCUT2D eigenvalue weighted by Crippen LogP contribution is -2.18. The first kappa shape index (κ1) is 12.2. The first-order valence-electron chi connectivity index (χ1n) is 5.66. The fraction of sp³-hybridized carbons (Fsp3) is 0.750. The van der Waals surface area contributed by atoms with Crippen LogP contribution in [0.1, 0.15) is 38.5 Å². The van der Waals surface area contributed by atoms with E-state index in [1.807, 2.05) is 12.2 Å². The normalized spacial score (nSPS) is 21.8. The van der Waals surface area contributed by atoms with Crippen LogP contribution in [0.15, 0.2) is 12.2 Å². The van der Waals surface area contributed by atoms with Crippen molar-refractivity contribution in [3.8, 4) is 0 Å². The van der Waals surface area contributed by atoms with Crippen molar-refractivity contribution in [3.63, 3.8) is 0 Å². The summed E-state index contributed by atoms with van der Waals surface area (Å²) < 4.78 is 10.1. The summed E-state index contributed by atoms with van der Waals surface area (Å²) in [6.45, 7) is 0.913. The number of hydrogen-bond acceptors (Lipinski definition) is 3. The summed E-state index contributed by atoms with van der Waals surface area (Å²) in [7, 11) is 1.41. The Bertz CT molecular complexity index is 205. The molecule has 0 aromatic heterocycles. The molecule has 3 nitrogen and oxygen atoms in total. The number of carbonyl (C=O) groups is 1. The van der Waals surface area contributed by atoms with E-state index in [0.717, 1.165) is 19.4 Å². The van der Waals surface area contributed by atoms with Gasteiger partial charge < -0.3 is 9.47 Å². The molecule has 0 radical (unpaired) electrons. The van der Waals surface area contributed by atoms with Crippen LogP contribution in [0.3, 0.4) is 0 Å². The van der Waals surface area contributed by atoms with E-state index in [1.54, 1.807) is 0 Å². The lowest BCUT2D eigenvalue weighted by molar-refractivity contribution is -0.139. The average molecular weight is 212 g/mol. The van der Waals surface area contributed by atoms with Crippen LogP contribution in [0, 0.1) is 0 Å². The topological polar surface area (TPSA) is 35.5 Å². The molecular weight excluding hydrogens is 192 g/mol. The number of rotatable bonds is 5. The van der Waals surface area contributed by atoms with Crippen molar-refractivity contribution in [1.29, 1.82) is 0 Å². The zero-order chi connectivity index (χ0) is 10.9. The molecule has 0 amide bonds. The van der Waals surface area contributed by atoms with E-state index in [-0.39, 0.29) is 5.97 Å². The Morgan fingerprint density at radius 2 is 2.33 bits per heavy atom. The van der Waals surface area contributed by atoms with Crippen molar-refractivity contribution in [1.82, 2.24) is 0 Å². The molecule has 3 heteroatoms. The van der Waals surface area contributed by atoms with Gasteiger partial charge in [0.25, 0.3) is 0 Å². The van der Waals surface area contributed by atoms with Crippen LogP contribution in [0.25, 0.3) is 0 Å². The third-order valence-electron chi connectivity index (χ3n) is 2.61. The zero-order valence-electron chi connectivity index (χ0n) is 9.41. The molecule has 15 heavy (non-hydrogen) atoms. The molecule has 1 aliphatic heterocycles. The van der Waals surface area contributed by atoms with Gasteiger partial charge in [0, 0.05) is 6.61 Å². The minimum atomic E-state index is -0.180. The van der Waals surface area contributed by atoms with Crippen molar-refractivity contribution < 1.29 is 14.3 Å². The maximum Gasteiger partial charge on any atom is 0.309 e. The molecule has 1 fully saturated rings. The molecule has 0 aliphatic carbocycles. The SMILES string of the molecule is COC(=O)CC=CCCC1CCCCO1. The molecule has 0 saturated carbocycles. The van der Waals surface area contributed by atoms with Crippen LogP contribution >= 0.6 is 0 Å². The summed E-state index contributed by atoms with van der Waals surface area (Å²) in [4.78, 5) is 10.8. The minimum absolute atomic E-state index is 0.180. The second kappa shape index (κ2) is 7.46. The molecule has 86 valence electrons. The third-order valence-corrected chi connectivity index (χ3v) is 2.61. The molecule has 0 aromatic carbocycles. The summed E-state index contributed by atoms with van der Waals surface area (Å²) in [5, 5.41) is 0. The van der Waals surface area contributed by atoms with Gasteiger partial charge in [0.05, 0.1) is 19.6 Å². The summed E-state index contributed by atoms with van der Waals surface area (Å²) in [5.41, 5.74) is 0. The van der Waals surface area contributed by atoms with Crippen molar-refractivity contribution in [3.05, 3.63) is 12.2 Å². The maximum atomic E-state index is 10.8. The molecular formula is C12H20O3. The standard InChI is InChI=1S/C12H20O3/c1-14-12(13)9-4-2-3-7-11-8-5-6-10-15-11/h2,4,11H,3,5-10H2,1H3. The minimum Gasteiger partial charge on any atom is -0.469 e. The van der Waals surface area contributed by atoms with Crippen LogP contribution in [0.4, 0.5) is 0 Å². The van der Waals surface area contributed by atoms with E-state index in [9.17, 15) is 4.79 Å². The predicted octanol–water partition coefficient (Wildman–Crippen LogP) is 2.46. The van der Waals surface area contributed by atoms with E-state index in [0.29, 0.717) is 12.5 Å². The summed E-state index contributed by atoms with van der Waals surface area (Å²) >= 11 is 0. The van der Waals surface area contributed by atoms with Crippen LogP contribution in [-0.4, -0.2) is 25.8 Å². The Hall–Kier alpha value is -0.830. The number of esters is 1. The Labute approximate surface area is 91.4 Å². The Morgan fingerprint density at radius 1 is 1.47 bits per heavy atom. The first-order valence-corrected chi connectivity index (χ1v) is 5.66. The van der Waals surface area contributed by atoms with Gasteiger partial charge >= 0.3 is 5.97 Å². The van der Waals surface area contributed by atoms with Gasteiger partial charge in [-0.15, -0.1) is 0 Å². The fourth-order valence-corrected chi connectivity index (χ4v) is 1.70. The van der Waals surface area contributed by atoms with Crippen LogP contribution in [-0.2, 0) is 14.3 Å². The number of methoxy groups -OCH3 is 1. The molecule has 1 unspecified atom stereocenters. The summed E-state index contributed by atoms with van der Waals surface area (Å²) in [6, 6.07) is 0. The van der Waals surface area contributed by atoms with Crippen molar-refractivity contribution in [2.45, 2.75) is 44.6 Å². The molecule has 1 rings (SSSR count). The highest BCUT2D eigenvalue weighted by molar-refractivity contribution is 5.70. The number of ether oxygens (including phenoxy) is 2. The van der Waals surface area contributed by atoms with Crippen molar-refractivity contribution in [2.75, 3.05) is 13.7 Å². The van der Waals surface area contributed by atoms with Gasteiger partial charge in [0.2, 0.25) is 0 Å². The first-order chi connectivity index (χ1) is 7.33. The second-order valence-corrected chi connectivity index (χ2v) is 3.82. The Morgan fingerprint density at radius 3 is 3.00 bits per heavy atom. The Kier molecular flexibility index (Phi) is 6.09. The van der Waals surface area contributed by atoms with Gasteiger partial charge in [-0.1, -0.05) is 12.2 Å². The molecule has 1 atom stereocenters. The van der Waals surface area contributed by atoms with Gasteiger partial charge in [-0.3, -0.25) is 4.79 Å². The van der Waals surface area contributed by atoms with Gasteiger partial charge in [-0.2, -0.15) is 0 Å². The largest absolute Gasteiger partial charge is 0.469 e. The molecule has 0 bridgehead atoms. The smallest absolute Gasteiger partial charge is 0.309 e. The van der Waals surface area contributed by atoms with E-state index >= 15 is 0 Å². The van der Waals surface area contributed by atoms with E-state index in [4.69, 9.17) is 4.74 Å². The quantitative estimate of drug-likeness (QED) is 0.518. The summed E-state index contributed by atoms with van der Waals surface area (Å²) in [6.07, 6.45) is 10.4. The highest BCUT2D eigenvalue weighted by Gasteiger charge is 2.11. The lowest BCUT2D eigenvalue weighted by atomic mass is 10.0. The molecule has 0 aromatic rings. The van der Waals surface area contributed by atoms with Crippen LogP contribution in [0.2, 0.25) is 0 Å².